The highest BCUT2D eigenvalue weighted by Crippen LogP contribution is 2.28. The molecule has 0 aliphatic rings. The van der Waals surface area contributed by atoms with Crippen LogP contribution in [0.1, 0.15) is 32.1 Å². The Morgan fingerprint density at radius 2 is 1.84 bits per heavy atom. The Morgan fingerprint density at radius 3 is 2.48 bits per heavy atom. The summed E-state index contributed by atoms with van der Waals surface area (Å²) in [4.78, 5) is 15.5. The van der Waals surface area contributed by atoms with Gasteiger partial charge >= 0.3 is 0 Å². The number of ether oxygens (including phenoxy) is 1. The Hall–Kier alpha value is -2.66. The molecule has 0 bridgehead atoms. The van der Waals surface area contributed by atoms with Crippen molar-refractivity contribution in [3.63, 3.8) is 0 Å². The van der Waals surface area contributed by atoms with Crippen LogP contribution in [0.15, 0.2) is 42.5 Å². The lowest BCUT2D eigenvalue weighted by molar-refractivity contribution is -0.254. The average molecular weight is 352 g/mol. The second-order valence-electron chi connectivity index (χ2n) is 5.90. The van der Waals surface area contributed by atoms with E-state index in [4.69, 9.17) is 4.74 Å². The summed E-state index contributed by atoms with van der Waals surface area (Å²) in [6.07, 6.45) is 0. The van der Waals surface area contributed by atoms with Crippen LogP contribution >= 0.6 is 11.3 Å². The van der Waals surface area contributed by atoms with Crippen molar-refractivity contribution in [2.24, 2.45) is 0 Å². The van der Waals surface area contributed by atoms with Gasteiger partial charge in [-0.05, 0) is 43.5 Å². The molecule has 0 unspecified atom stereocenters. The highest BCUT2D eigenvalue weighted by molar-refractivity contribution is 7.17. The summed E-state index contributed by atoms with van der Waals surface area (Å²) in [6, 6.07) is 13.8. The summed E-state index contributed by atoms with van der Waals surface area (Å²) in [5.74, 6) is -0.294. The predicted molar refractivity (Wildman–Crippen MR) is 96.9 cm³/mol. The van der Waals surface area contributed by atoms with Gasteiger partial charge in [0, 0.05) is 5.56 Å². The van der Waals surface area contributed by atoms with Crippen molar-refractivity contribution in [3.05, 3.63) is 69.7 Å². The van der Waals surface area contributed by atoms with Gasteiger partial charge in [-0.15, -0.1) is 11.3 Å². The standard InChI is InChI=1S/C20H19NO3S/c1-12-5-4-6-17(13(12)2)24-11-15-7-9-16(10-8-15)19-21-14(3)18(25-19)20(22)23/h4-10H,11H2,1-3H3,(H,22,23)/p-1. The van der Waals surface area contributed by atoms with Crippen molar-refractivity contribution in [1.29, 1.82) is 0 Å². The van der Waals surface area contributed by atoms with E-state index in [0.717, 1.165) is 33.8 Å². The molecular weight excluding hydrogens is 334 g/mol. The molecule has 3 aromatic rings. The first kappa shape index (κ1) is 17.2. The van der Waals surface area contributed by atoms with Gasteiger partial charge in [0.2, 0.25) is 0 Å². The number of nitrogens with zero attached hydrogens (tertiary/aromatic N) is 1. The zero-order valence-corrected chi connectivity index (χ0v) is 15.1. The lowest BCUT2D eigenvalue weighted by atomic mass is 10.1. The third kappa shape index (κ3) is 3.72. The maximum atomic E-state index is 11.0. The highest BCUT2D eigenvalue weighted by Gasteiger charge is 2.10. The smallest absolute Gasteiger partial charge is 0.124 e. The highest BCUT2D eigenvalue weighted by atomic mass is 32.1. The van der Waals surface area contributed by atoms with Crippen LogP contribution in [0, 0.1) is 20.8 Å². The van der Waals surface area contributed by atoms with Gasteiger partial charge in [0.05, 0.1) is 16.5 Å². The molecular formula is C20H18NO3S-. The normalized spacial score (nSPS) is 10.7. The van der Waals surface area contributed by atoms with Crippen LogP contribution in [0.3, 0.4) is 0 Å². The maximum absolute atomic E-state index is 11.0. The Morgan fingerprint density at radius 1 is 1.12 bits per heavy atom. The summed E-state index contributed by atoms with van der Waals surface area (Å²) in [5.41, 5.74) is 4.76. The van der Waals surface area contributed by atoms with Crippen LogP contribution in [0.5, 0.6) is 5.75 Å². The molecule has 2 aromatic carbocycles. The quantitative estimate of drug-likeness (QED) is 0.703. The summed E-state index contributed by atoms with van der Waals surface area (Å²) >= 11 is 1.14. The number of carbonyl (C=O) groups excluding carboxylic acids is 1. The minimum atomic E-state index is -1.18. The summed E-state index contributed by atoms with van der Waals surface area (Å²) in [6.45, 7) is 6.27. The summed E-state index contributed by atoms with van der Waals surface area (Å²) in [5, 5.41) is 11.7. The minimum absolute atomic E-state index is 0.178. The fourth-order valence-corrected chi connectivity index (χ4v) is 3.40. The van der Waals surface area contributed by atoms with Crippen molar-refractivity contribution in [2.45, 2.75) is 27.4 Å². The number of aromatic carboxylic acids is 1. The third-order valence-corrected chi connectivity index (χ3v) is 5.32. The van der Waals surface area contributed by atoms with Gasteiger partial charge in [0.1, 0.15) is 17.4 Å². The number of aromatic nitrogens is 1. The number of rotatable bonds is 5. The molecule has 0 fully saturated rings. The van der Waals surface area contributed by atoms with Crippen molar-refractivity contribution < 1.29 is 14.6 Å². The van der Waals surface area contributed by atoms with Crippen LogP contribution < -0.4 is 9.84 Å². The van der Waals surface area contributed by atoms with Gasteiger partial charge in [-0.25, -0.2) is 4.98 Å². The van der Waals surface area contributed by atoms with E-state index in [2.05, 4.69) is 18.0 Å². The molecule has 0 saturated heterocycles. The molecule has 1 heterocycles. The van der Waals surface area contributed by atoms with Crippen molar-refractivity contribution in [1.82, 2.24) is 4.98 Å². The average Bonchev–Trinajstić information content (AvgIpc) is 2.99. The van der Waals surface area contributed by atoms with Crippen LogP contribution in [-0.4, -0.2) is 11.0 Å². The van der Waals surface area contributed by atoms with E-state index in [0.29, 0.717) is 17.3 Å². The Kier molecular flexibility index (Phi) is 4.86. The van der Waals surface area contributed by atoms with Crippen molar-refractivity contribution in [2.75, 3.05) is 0 Å². The largest absolute Gasteiger partial charge is 0.544 e. The minimum Gasteiger partial charge on any atom is -0.544 e. The molecule has 5 heteroatoms. The van der Waals surface area contributed by atoms with E-state index >= 15 is 0 Å². The van der Waals surface area contributed by atoms with E-state index in [-0.39, 0.29) is 4.88 Å². The SMILES string of the molecule is Cc1cccc(OCc2ccc(-c3nc(C)c(C(=O)[O-])s3)cc2)c1C. The predicted octanol–water partition coefficient (Wildman–Crippen LogP) is 3.68. The summed E-state index contributed by atoms with van der Waals surface area (Å²) < 4.78 is 5.90. The molecule has 0 spiro atoms. The van der Waals surface area contributed by atoms with E-state index in [1.165, 1.54) is 5.56 Å². The second-order valence-corrected chi connectivity index (χ2v) is 6.90. The van der Waals surface area contributed by atoms with Crippen LogP contribution in [0.4, 0.5) is 0 Å². The van der Waals surface area contributed by atoms with E-state index in [1.807, 2.05) is 43.3 Å². The zero-order chi connectivity index (χ0) is 18.0. The Labute approximate surface area is 150 Å². The van der Waals surface area contributed by atoms with Crippen molar-refractivity contribution >= 4 is 17.3 Å². The second kappa shape index (κ2) is 7.07. The van der Waals surface area contributed by atoms with Crippen LogP contribution in [0.2, 0.25) is 0 Å². The fraction of sp³-hybridized carbons (Fsp3) is 0.200. The Bertz CT molecular complexity index is 913. The molecule has 0 N–H and O–H groups in total. The van der Waals surface area contributed by atoms with Gasteiger partial charge in [0.15, 0.2) is 0 Å². The molecule has 0 saturated carbocycles. The number of hydrogen-bond donors (Lipinski definition) is 0. The van der Waals surface area contributed by atoms with E-state index < -0.39 is 5.97 Å². The topological polar surface area (TPSA) is 62.2 Å². The molecule has 0 aliphatic heterocycles. The van der Waals surface area contributed by atoms with Crippen LogP contribution in [0.25, 0.3) is 10.6 Å². The maximum Gasteiger partial charge on any atom is 0.124 e. The molecule has 0 radical (unpaired) electrons. The summed E-state index contributed by atoms with van der Waals surface area (Å²) in [7, 11) is 0. The number of carboxylic acid groups (broad SMARTS) is 1. The molecule has 0 amide bonds. The number of benzene rings is 2. The number of carbonyl (C=O) groups is 1. The molecule has 128 valence electrons. The molecule has 25 heavy (non-hydrogen) atoms. The molecule has 0 aliphatic carbocycles. The van der Waals surface area contributed by atoms with Gasteiger partial charge in [-0.1, -0.05) is 36.4 Å². The third-order valence-electron chi connectivity index (χ3n) is 4.13. The first-order valence-electron chi connectivity index (χ1n) is 7.93. The lowest BCUT2D eigenvalue weighted by Gasteiger charge is -2.11. The van der Waals surface area contributed by atoms with Gasteiger partial charge in [0.25, 0.3) is 0 Å². The molecule has 3 rings (SSSR count). The zero-order valence-electron chi connectivity index (χ0n) is 14.3. The van der Waals surface area contributed by atoms with E-state index in [1.54, 1.807) is 6.92 Å². The Balaban J connectivity index is 1.73. The monoisotopic (exact) mass is 352 g/mol. The first-order valence-corrected chi connectivity index (χ1v) is 8.74. The van der Waals surface area contributed by atoms with Crippen LogP contribution in [-0.2, 0) is 6.61 Å². The van der Waals surface area contributed by atoms with Crippen molar-refractivity contribution in [3.8, 4) is 16.3 Å². The molecule has 4 nitrogen and oxygen atoms in total. The van der Waals surface area contributed by atoms with Gasteiger partial charge < -0.3 is 14.6 Å². The number of hydrogen-bond acceptors (Lipinski definition) is 5. The van der Waals surface area contributed by atoms with E-state index in [9.17, 15) is 9.90 Å². The number of aryl methyl sites for hydroxylation is 2. The fourth-order valence-electron chi connectivity index (χ4n) is 2.49. The van der Waals surface area contributed by atoms with Gasteiger partial charge in [-0.3, -0.25) is 0 Å². The number of carboxylic acids is 1. The van der Waals surface area contributed by atoms with Gasteiger partial charge in [-0.2, -0.15) is 0 Å². The number of thiazole rings is 1. The molecule has 0 atom stereocenters. The first-order chi connectivity index (χ1) is 12.0. The molecule has 1 aromatic heterocycles. The lowest BCUT2D eigenvalue weighted by Crippen LogP contribution is -2.21.